The third-order valence-corrected chi connectivity index (χ3v) is 4.30. The van der Waals surface area contributed by atoms with Crippen molar-refractivity contribution >= 4 is 23.8 Å². The Balaban J connectivity index is 1.65. The molecule has 0 spiro atoms. The Morgan fingerprint density at radius 2 is 1.38 bits per heavy atom. The second-order valence-corrected chi connectivity index (χ2v) is 6.97. The predicted molar refractivity (Wildman–Crippen MR) is 123 cm³/mol. The average molecular weight is 469 g/mol. The molecule has 0 saturated carbocycles. The molecule has 0 aliphatic heterocycles. The van der Waals surface area contributed by atoms with E-state index in [0.29, 0.717) is 11.1 Å². The highest BCUT2D eigenvalue weighted by Crippen LogP contribution is 2.15. The Morgan fingerprint density at radius 3 is 2.09 bits per heavy atom. The van der Waals surface area contributed by atoms with Gasteiger partial charge in [-0.15, -0.1) is 0 Å². The van der Waals surface area contributed by atoms with Crippen LogP contribution < -0.4 is 5.32 Å². The van der Waals surface area contributed by atoms with Gasteiger partial charge in [0, 0.05) is 23.2 Å². The van der Waals surface area contributed by atoms with Crippen LogP contribution in [0.3, 0.4) is 0 Å². The van der Waals surface area contributed by atoms with Crippen LogP contribution in [0, 0.1) is 0 Å². The van der Waals surface area contributed by atoms with Crippen LogP contribution in [0.4, 0.5) is 4.79 Å². The number of carbonyl (C=O) groups is 4. The molecular weight excluding hydrogens is 442 g/mol. The first-order valence-corrected chi connectivity index (χ1v) is 10.6. The van der Waals surface area contributed by atoms with E-state index in [-0.39, 0.29) is 56.5 Å². The standard InChI is InChI=1S/C25H27NO8/c1-18(2)23(28)32-15-14-31-13-12-26-25(30)34-17-16-33-24(29)21-11-7-6-10-20(21)22(27)19-8-4-3-5-9-19/h3-11H,1,12-17H2,2H3,(H,26,30). The van der Waals surface area contributed by atoms with Gasteiger partial charge in [0.15, 0.2) is 5.78 Å². The number of hydrogen-bond acceptors (Lipinski definition) is 8. The van der Waals surface area contributed by atoms with Gasteiger partial charge in [0.1, 0.15) is 19.8 Å². The van der Waals surface area contributed by atoms with Gasteiger partial charge in [0.2, 0.25) is 0 Å². The molecule has 2 aromatic carbocycles. The summed E-state index contributed by atoms with van der Waals surface area (Å²) in [6, 6.07) is 15.0. The van der Waals surface area contributed by atoms with E-state index in [1.807, 2.05) is 0 Å². The quantitative estimate of drug-likeness (QED) is 0.156. The summed E-state index contributed by atoms with van der Waals surface area (Å²) in [7, 11) is 0. The highest BCUT2D eigenvalue weighted by atomic mass is 16.6. The van der Waals surface area contributed by atoms with Crippen molar-refractivity contribution in [2.75, 3.05) is 39.6 Å². The molecule has 34 heavy (non-hydrogen) atoms. The summed E-state index contributed by atoms with van der Waals surface area (Å²) < 4.78 is 20.1. The number of carbonyl (C=O) groups excluding carboxylic acids is 4. The molecule has 0 aromatic heterocycles. The number of ether oxygens (including phenoxy) is 4. The van der Waals surface area contributed by atoms with Gasteiger partial charge in [0.05, 0.1) is 18.8 Å². The first-order chi connectivity index (χ1) is 16.4. The molecule has 180 valence electrons. The minimum Gasteiger partial charge on any atom is -0.460 e. The fraction of sp³-hybridized carbons (Fsp3) is 0.280. The van der Waals surface area contributed by atoms with E-state index >= 15 is 0 Å². The molecular formula is C25H27NO8. The van der Waals surface area contributed by atoms with Crippen molar-refractivity contribution in [1.82, 2.24) is 5.32 Å². The zero-order chi connectivity index (χ0) is 24.8. The molecule has 0 unspecified atom stereocenters. The maximum absolute atomic E-state index is 12.7. The molecule has 0 aliphatic carbocycles. The lowest BCUT2D eigenvalue weighted by molar-refractivity contribution is -0.140. The van der Waals surface area contributed by atoms with Gasteiger partial charge in [-0.2, -0.15) is 0 Å². The second-order valence-electron chi connectivity index (χ2n) is 6.97. The lowest BCUT2D eigenvalue weighted by Crippen LogP contribution is -2.29. The van der Waals surface area contributed by atoms with Crippen molar-refractivity contribution in [3.8, 4) is 0 Å². The van der Waals surface area contributed by atoms with Crippen LogP contribution >= 0.6 is 0 Å². The van der Waals surface area contributed by atoms with Crippen LogP contribution in [0.2, 0.25) is 0 Å². The topological polar surface area (TPSA) is 117 Å². The molecule has 1 N–H and O–H groups in total. The summed E-state index contributed by atoms with van der Waals surface area (Å²) in [5.74, 6) is -1.47. The first-order valence-electron chi connectivity index (χ1n) is 10.6. The summed E-state index contributed by atoms with van der Waals surface area (Å²) >= 11 is 0. The van der Waals surface area contributed by atoms with Crippen LogP contribution in [0.1, 0.15) is 33.2 Å². The molecule has 0 heterocycles. The van der Waals surface area contributed by atoms with Gasteiger partial charge in [-0.25, -0.2) is 14.4 Å². The van der Waals surface area contributed by atoms with Gasteiger partial charge in [-0.05, 0) is 13.0 Å². The van der Waals surface area contributed by atoms with Crippen molar-refractivity contribution in [3.63, 3.8) is 0 Å². The first kappa shape index (κ1) is 26.3. The van der Waals surface area contributed by atoms with Gasteiger partial charge in [0.25, 0.3) is 0 Å². The van der Waals surface area contributed by atoms with E-state index in [0.717, 1.165) is 0 Å². The smallest absolute Gasteiger partial charge is 0.407 e. The number of esters is 2. The van der Waals surface area contributed by atoms with Crippen molar-refractivity contribution in [2.45, 2.75) is 6.92 Å². The summed E-state index contributed by atoms with van der Waals surface area (Å²) in [4.78, 5) is 48.0. The fourth-order valence-electron chi connectivity index (χ4n) is 2.65. The minimum atomic E-state index is -0.701. The van der Waals surface area contributed by atoms with Crippen LogP contribution in [0.25, 0.3) is 0 Å². The average Bonchev–Trinajstić information content (AvgIpc) is 2.85. The molecule has 0 saturated heterocycles. The summed E-state index contributed by atoms with van der Waals surface area (Å²) in [6.07, 6.45) is -0.701. The lowest BCUT2D eigenvalue weighted by Gasteiger charge is -2.10. The van der Waals surface area contributed by atoms with Crippen LogP contribution in [0.5, 0.6) is 0 Å². The number of nitrogens with one attached hydrogen (secondary N) is 1. The van der Waals surface area contributed by atoms with Gasteiger partial charge >= 0.3 is 18.0 Å². The SMILES string of the molecule is C=C(C)C(=O)OCCOCCNC(=O)OCCOC(=O)c1ccccc1C(=O)c1ccccc1. The van der Waals surface area contributed by atoms with Crippen molar-refractivity contribution in [1.29, 1.82) is 0 Å². The highest BCUT2D eigenvalue weighted by molar-refractivity contribution is 6.14. The molecule has 1 amide bonds. The van der Waals surface area contributed by atoms with E-state index < -0.39 is 18.0 Å². The summed E-state index contributed by atoms with van der Waals surface area (Å²) in [6.45, 7) is 5.31. The van der Waals surface area contributed by atoms with Crippen LogP contribution in [-0.4, -0.2) is 63.4 Å². The van der Waals surface area contributed by atoms with Gasteiger partial charge < -0.3 is 24.3 Å². The van der Waals surface area contributed by atoms with Crippen molar-refractivity contribution in [3.05, 3.63) is 83.4 Å². The molecule has 0 radical (unpaired) electrons. The fourth-order valence-corrected chi connectivity index (χ4v) is 2.65. The van der Waals surface area contributed by atoms with Crippen LogP contribution in [0.15, 0.2) is 66.7 Å². The molecule has 0 aliphatic rings. The summed E-state index contributed by atoms with van der Waals surface area (Å²) in [5, 5.41) is 2.47. The largest absolute Gasteiger partial charge is 0.460 e. The Bertz CT molecular complexity index is 1000. The van der Waals surface area contributed by atoms with Crippen LogP contribution in [-0.2, 0) is 23.7 Å². The maximum Gasteiger partial charge on any atom is 0.407 e. The van der Waals surface area contributed by atoms with Gasteiger partial charge in [-0.3, -0.25) is 4.79 Å². The molecule has 9 nitrogen and oxygen atoms in total. The molecule has 0 fully saturated rings. The summed E-state index contributed by atoms with van der Waals surface area (Å²) in [5.41, 5.74) is 1.12. The van der Waals surface area contributed by atoms with E-state index in [2.05, 4.69) is 11.9 Å². The molecule has 0 atom stereocenters. The Hall–Kier alpha value is -3.98. The highest BCUT2D eigenvalue weighted by Gasteiger charge is 2.19. The van der Waals surface area contributed by atoms with Crippen molar-refractivity contribution in [2.24, 2.45) is 0 Å². The van der Waals surface area contributed by atoms with E-state index in [1.165, 1.54) is 6.07 Å². The number of ketones is 1. The molecule has 2 aromatic rings. The molecule has 2 rings (SSSR count). The van der Waals surface area contributed by atoms with Crippen molar-refractivity contribution < 1.29 is 38.1 Å². The van der Waals surface area contributed by atoms with E-state index in [4.69, 9.17) is 18.9 Å². The van der Waals surface area contributed by atoms with E-state index in [9.17, 15) is 19.2 Å². The minimum absolute atomic E-state index is 0.0849. The second kappa shape index (κ2) is 14.2. The number of rotatable bonds is 13. The third kappa shape index (κ3) is 8.87. The van der Waals surface area contributed by atoms with Gasteiger partial charge in [-0.1, -0.05) is 55.1 Å². The monoisotopic (exact) mass is 469 g/mol. The Labute approximate surface area is 197 Å². The molecule has 0 bridgehead atoms. The zero-order valence-electron chi connectivity index (χ0n) is 18.9. The van der Waals surface area contributed by atoms with E-state index in [1.54, 1.807) is 55.5 Å². The number of benzene rings is 2. The number of alkyl carbamates (subject to hydrolysis) is 1. The number of hydrogen-bond donors (Lipinski definition) is 1. The number of amides is 1. The lowest BCUT2D eigenvalue weighted by atomic mass is 9.98. The third-order valence-electron chi connectivity index (χ3n) is 4.30. The zero-order valence-corrected chi connectivity index (χ0v) is 18.9. The molecule has 9 heteroatoms. The predicted octanol–water partition coefficient (Wildman–Crippen LogP) is 2.94. The Kier molecular flexibility index (Phi) is 11.0. The Morgan fingerprint density at radius 1 is 0.765 bits per heavy atom. The maximum atomic E-state index is 12.7. The normalized spacial score (nSPS) is 10.1.